The molecule has 1 fully saturated rings. The zero-order valence-corrected chi connectivity index (χ0v) is 18.8. The molecular formula is C26H27N5O2. The Hall–Kier alpha value is -3.84. The SMILES string of the molecule is COc1ccc(Nc2ccccc2-c2nc3ccc(C(=O)N4CCN(C)CC4)cc3[nH]2)cc1. The maximum absolute atomic E-state index is 13.0. The number of rotatable bonds is 5. The number of imidazole rings is 1. The minimum Gasteiger partial charge on any atom is -0.497 e. The van der Waals surface area contributed by atoms with E-state index in [-0.39, 0.29) is 5.91 Å². The standard InChI is InChI=1S/C26H27N5O2/c1-30-13-15-31(16-14-30)26(32)18-7-12-23-24(17-18)29-25(28-23)21-5-3-4-6-22(21)27-19-8-10-20(33-2)11-9-19/h3-12,17,27H,13-16H2,1-2H3,(H,28,29). The number of hydrogen-bond donors (Lipinski definition) is 2. The molecule has 1 saturated heterocycles. The molecule has 0 spiro atoms. The van der Waals surface area contributed by atoms with Crippen molar-refractivity contribution in [3.8, 4) is 17.1 Å². The summed E-state index contributed by atoms with van der Waals surface area (Å²) in [5.74, 6) is 1.64. The van der Waals surface area contributed by atoms with Gasteiger partial charge in [0.15, 0.2) is 0 Å². The number of carbonyl (C=O) groups excluding carboxylic acids is 1. The number of anilines is 2. The fourth-order valence-corrected chi connectivity index (χ4v) is 4.09. The molecule has 0 unspecified atom stereocenters. The van der Waals surface area contributed by atoms with Gasteiger partial charge >= 0.3 is 0 Å². The van der Waals surface area contributed by atoms with Gasteiger partial charge in [-0.2, -0.15) is 0 Å². The maximum Gasteiger partial charge on any atom is 0.254 e. The van der Waals surface area contributed by atoms with Gasteiger partial charge in [0.2, 0.25) is 0 Å². The molecule has 4 aromatic rings. The third kappa shape index (κ3) is 4.40. The van der Waals surface area contributed by atoms with Crippen molar-refractivity contribution in [2.45, 2.75) is 0 Å². The lowest BCUT2D eigenvalue weighted by atomic mass is 10.1. The number of aromatic nitrogens is 2. The Morgan fingerprint density at radius 1 is 1.00 bits per heavy atom. The van der Waals surface area contributed by atoms with Gasteiger partial charge in [-0.3, -0.25) is 4.79 Å². The van der Waals surface area contributed by atoms with Crippen molar-refractivity contribution < 1.29 is 9.53 Å². The quantitative estimate of drug-likeness (QED) is 0.481. The molecule has 0 atom stereocenters. The molecule has 7 nitrogen and oxygen atoms in total. The summed E-state index contributed by atoms with van der Waals surface area (Å²) in [6, 6.07) is 21.5. The fourth-order valence-electron chi connectivity index (χ4n) is 4.09. The number of piperazine rings is 1. The first-order chi connectivity index (χ1) is 16.1. The Bertz CT molecular complexity index is 1270. The predicted octanol–water partition coefficient (Wildman–Crippen LogP) is 4.37. The number of likely N-dealkylation sites (N-methyl/N-ethyl adjacent to an activating group) is 1. The van der Waals surface area contributed by atoms with Gasteiger partial charge in [-0.25, -0.2) is 4.98 Å². The highest BCUT2D eigenvalue weighted by Gasteiger charge is 2.21. The molecule has 5 rings (SSSR count). The Morgan fingerprint density at radius 2 is 1.76 bits per heavy atom. The number of para-hydroxylation sites is 1. The zero-order valence-electron chi connectivity index (χ0n) is 18.8. The van der Waals surface area contributed by atoms with Crippen LogP contribution >= 0.6 is 0 Å². The van der Waals surface area contributed by atoms with Crippen molar-refractivity contribution in [3.05, 3.63) is 72.3 Å². The number of benzene rings is 3. The van der Waals surface area contributed by atoms with Gasteiger partial charge in [-0.15, -0.1) is 0 Å². The molecule has 1 aliphatic heterocycles. The van der Waals surface area contributed by atoms with Gasteiger partial charge < -0.3 is 24.8 Å². The van der Waals surface area contributed by atoms with Crippen molar-refractivity contribution in [2.24, 2.45) is 0 Å². The lowest BCUT2D eigenvalue weighted by molar-refractivity contribution is 0.0664. The molecule has 0 saturated carbocycles. The smallest absolute Gasteiger partial charge is 0.254 e. The first-order valence-corrected chi connectivity index (χ1v) is 11.1. The highest BCUT2D eigenvalue weighted by atomic mass is 16.5. The van der Waals surface area contributed by atoms with Crippen molar-refractivity contribution in [1.82, 2.24) is 19.8 Å². The summed E-state index contributed by atoms with van der Waals surface area (Å²) in [6.45, 7) is 3.32. The molecule has 2 heterocycles. The first kappa shape index (κ1) is 21.0. The summed E-state index contributed by atoms with van der Waals surface area (Å²) in [4.78, 5) is 25.3. The number of methoxy groups -OCH3 is 1. The molecular weight excluding hydrogens is 414 g/mol. The minimum atomic E-state index is 0.0720. The normalized spacial score (nSPS) is 14.4. The maximum atomic E-state index is 13.0. The lowest BCUT2D eigenvalue weighted by Gasteiger charge is -2.32. The van der Waals surface area contributed by atoms with E-state index in [0.717, 1.165) is 65.7 Å². The molecule has 1 aliphatic rings. The molecule has 0 bridgehead atoms. The number of hydrogen-bond acceptors (Lipinski definition) is 5. The molecule has 1 aromatic heterocycles. The Balaban J connectivity index is 1.42. The molecule has 3 aromatic carbocycles. The van der Waals surface area contributed by atoms with E-state index < -0.39 is 0 Å². The lowest BCUT2D eigenvalue weighted by Crippen LogP contribution is -2.47. The minimum absolute atomic E-state index is 0.0720. The summed E-state index contributed by atoms with van der Waals surface area (Å²) in [7, 11) is 3.74. The van der Waals surface area contributed by atoms with Gasteiger partial charge in [0, 0.05) is 48.7 Å². The molecule has 33 heavy (non-hydrogen) atoms. The van der Waals surface area contributed by atoms with Crippen molar-refractivity contribution >= 4 is 28.3 Å². The van der Waals surface area contributed by atoms with Gasteiger partial charge in [0.1, 0.15) is 11.6 Å². The van der Waals surface area contributed by atoms with E-state index >= 15 is 0 Å². The van der Waals surface area contributed by atoms with E-state index in [4.69, 9.17) is 9.72 Å². The van der Waals surface area contributed by atoms with E-state index in [1.165, 1.54) is 0 Å². The van der Waals surface area contributed by atoms with Crippen LogP contribution in [-0.4, -0.2) is 66.0 Å². The van der Waals surface area contributed by atoms with E-state index in [2.05, 4.69) is 22.2 Å². The number of carbonyl (C=O) groups is 1. The summed E-state index contributed by atoms with van der Waals surface area (Å²) in [5, 5.41) is 3.46. The molecule has 0 radical (unpaired) electrons. The van der Waals surface area contributed by atoms with Crippen molar-refractivity contribution in [1.29, 1.82) is 0 Å². The number of nitrogens with one attached hydrogen (secondary N) is 2. The summed E-state index contributed by atoms with van der Waals surface area (Å²) in [6.07, 6.45) is 0. The molecule has 2 N–H and O–H groups in total. The number of fused-ring (bicyclic) bond motifs is 1. The highest BCUT2D eigenvalue weighted by molar-refractivity contribution is 5.98. The van der Waals surface area contributed by atoms with Gasteiger partial charge in [-0.1, -0.05) is 12.1 Å². The van der Waals surface area contributed by atoms with Gasteiger partial charge in [-0.05, 0) is 61.6 Å². The second-order valence-electron chi connectivity index (χ2n) is 8.31. The van der Waals surface area contributed by atoms with E-state index in [1.807, 2.05) is 71.6 Å². The van der Waals surface area contributed by atoms with E-state index in [0.29, 0.717) is 5.56 Å². The van der Waals surface area contributed by atoms with Crippen molar-refractivity contribution in [3.63, 3.8) is 0 Å². The highest BCUT2D eigenvalue weighted by Crippen LogP contribution is 2.30. The fraction of sp³-hybridized carbons (Fsp3) is 0.231. The second kappa shape index (κ2) is 8.96. The number of nitrogens with zero attached hydrogens (tertiary/aromatic N) is 3. The summed E-state index contributed by atoms with van der Waals surface area (Å²) >= 11 is 0. The van der Waals surface area contributed by atoms with Crippen LogP contribution in [0.4, 0.5) is 11.4 Å². The number of amides is 1. The monoisotopic (exact) mass is 441 g/mol. The van der Waals surface area contributed by atoms with Crippen molar-refractivity contribution in [2.75, 3.05) is 45.7 Å². The number of ether oxygens (including phenoxy) is 1. The van der Waals surface area contributed by atoms with E-state index in [9.17, 15) is 4.79 Å². The van der Waals surface area contributed by atoms with Crippen LogP contribution in [0.5, 0.6) is 5.75 Å². The Kier molecular flexibility index (Phi) is 5.71. The van der Waals surface area contributed by atoms with Crippen LogP contribution in [0, 0.1) is 0 Å². The van der Waals surface area contributed by atoms with Gasteiger partial charge in [0.05, 0.1) is 18.1 Å². The average Bonchev–Trinajstić information content (AvgIpc) is 3.28. The Morgan fingerprint density at radius 3 is 2.52 bits per heavy atom. The zero-order chi connectivity index (χ0) is 22.8. The summed E-state index contributed by atoms with van der Waals surface area (Å²) < 4.78 is 5.24. The molecule has 7 heteroatoms. The topological polar surface area (TPSA) is 73.5 Å². The summed E-state index contributed by atoms with van der Waals surface area (Å²) in [5.41, 5.74) is 5.22. The molecule has 168 valence electrons. The van der Waals surface area contributed by atoms with Crippen LogP contribution in [0.3, 0.4) is 0 Å². The largest absolute Gasteiger partial charge is 0.497 e. The van der Waals surface area contributed by atoms with Gasteiger partial charge in [0.25, 0.3) is 5.91 Å². The van der Waals surface area contributed by atoms with Crippen LogP contribution in [0.25, 0.3) is 22.4 Å². The predicted molar refractivity (Wildman–Crippen MR) is 131 cm³/mol. The Labute approximate surface area is 193 Å². The second-order valence-corrected chi connectivity index (χ2v) is 8.31. The number of H-pyrrole nitrogens is 1. The van der Waals surface area contributed by atoms with Crippen LogP contribution < -0.4 is 10.1 Å². The van der Waals surface area contributed by atoms with Crippen LogP contribution in [0.1, 0.15) is 10.4 Å². The third-order valence-electron chi connectivity index (χ3n) is 6.07. The molecule has 1 amide bonds. The van der Waals surface area contributed by atoms with Crippen LogP contribution in [-0.2, 0) is 0 Å². The van der Waals surface area contributed by atoms with Crippen LogP contribution in [0.2, 0.25) is 0 Å². The first-order valence-electron chi connectivity index (χ1n) is 11.1. The van der Waals surface area contributed by atoms with E-state index in [1.54, 1.807) is 7.11 Å². The molecule has 0 aliphatic carbocycles. The van der Waals surface area contributed by atoms with Crippen LogP contribution in [0.15, 0.2) is 66.7 Å². The average molecular weight is 442 g/mol. The third-order valence-corrected chi connectivity index (χ3v) is 6.07. The number of aromatic amines is 1.